The van der Waals surface area contributed by atoms with Crippen LogP contribution < -0.4 is 19.7 Å². The van der Waals surface area contributed by atoms with E-state index < -0.39 is 28.6 Å². The van der Waals surface area contributed by atoms with Gasteiger partial charge in [0.25, 0.3) is 17.5 Å². The summed E-state index contributed by atoms with van der Waals surface area (Å²) < 4.78 is 25.9. The van der Waals surface area contributed by atoms with E-state index in [2.05, 4.69) is 11.9 Å². The molecule has 0 radical (unpaired) electrons. The van der Waals surface area contributed by atoms with Crippen LogP contribution in [0.1, 0.15) is 23.6 Å². The number of ether oxygens (including phenoxy) is 2. The van der Waals surface area contributed by atoms with Crippen LogP contribution in [0.5, 0.6) is 11.5 Å². The van der Waals surface area contributed by atoms with Crippen LogP contribution in [-0.2, 0) is 22.6 Å². The molecule has 1 aliphatic heterocycles. The first kappa shape index (κ1) is 27.7. The maximum Gasteiger partial charge on any atom is 0.335 e. The van der Waals surface area contributed by atoms with E-state index in [9.17, 15) is 28.9 Å². The molecule has 0 bridgehead atoms. The first-order valence-electron chi connectivity index (χ1n) is 12.2. The van der Waals surface area contributed by atoms with Gasteiger partial charge in [-0.25, -0.2) is 14.1 Å². The summed E-state index contributed by atoms with van der Waals surface area (Å²) >= 11 is 0. The van der Waals surface area contributed by atoms with E-state index in [4.69, 9.17) is 9.47 Å². The van der Waals surface area contributed by atoms with Crippen LogP contribution in [0.25, 0.3) is 6.08 Å². The standard InChI is InChI=1S/C29H24FN3O7/c1-3-7-19-14-18(16-25(39-4-2)26(19)40-17-20-8-5-6-9-24(20)30)15-23-27(34)31-29(36)32(28(23)35)21-10-12-22(13-11-21)33(37)38/h3,5-6,8-16H,1,4,7,17H2,2H3,(H,31,34,36)/b23-15+. The van der Waals surface area contributed by atoms with E-state index in [1.165, 1.54) is 24.3 Å². The third kappa shape index (κ3) is 5.88. The van der Waals surface area contributed by atoms with Crippen molar-refractivity contribution in [2.24, 2.45) is 0 Å². The number of allylic oxidation sites excluding steroid dienone is 1. The molecule has 0 saturated carbocycles. The summed E-state index contributed by atoms with van der Waals surface area (Å²) in [5.41, 5.74) is 0.832. The quantitative estimate of drug-likeness (QED) is 0.123. The Morgan fingerprint density at radius 3 is 2.42 bits per heavy atom. The molecule has 204 valence electrons. The van der Waals surface area contributed by atoms with E-state index in [1.54, 1.807) is 43.3 Å². The summed E-state index contributed by atoms with van der Waals surface area (Å²) in [5.74, 6) is -1.57. The van der Waals surface area contributed by atoms with Gasteiger partial charge in [0, 0.05) is 23.3 Å². The van der Waals surface area contributed by atoms with Crippen LogP contribution in [0.3, 0.4) is 0 Å². The van der Waals surface area contributed by atoms with Crippen molar-refractivity contribution in [3.05, 3.63) is 112 Å². The van der Waals surface area contributed by atoms with Crippen molar-refractivity contribution < 1.29 is 33.2 Å². The monoisotopic (exact) mass is 545 g/mol. The number of hydrogen-bond donors (Lipinski definition) is 1. The highest BCUT2D eigenvalue weighted by Gasteiger charge is 2.37. The second kappa shape index (κ2) is 12.0. The Balaban J connectivity index is 1.71. The van der Waals surface area contributed by atoms with Gasteiger partial charge in [-0.05, 0) is 55.3 Å². The average Bonchev–Trinajstić information content (AvgIpc) is 2.92. The Morgan fingerprint density at radius 2 is 1.77 bits per heavy atom. The third-order valence-corrected chi connectivity index (χ3v) is 5.88. The van der Waals surface area contributed by atoms with Gasteiger partial charge in [-0.1, -0.05) is 24.3 Å². The first-order chi connectivity index (χ1) is 19.2. The molecular weight excluding hydrogens is 521 g/mol. The maximum absolute atomic E-state index is 14.2. The molecule has 3 aromatic rings. The van der Waals surface area contributed by atoms with Crippen LogP contribution in [-0.4, -0.2) is 29.4 Å². The Morgan fingerprint density at radius 1 is 1.05 bits per heavy atom. The van der Waals surface area contributed by atoms with Crippen molar-refractivity contribution >= 4 is 35.3 Å². The molecule has 3 aromatic carbocycles. The minimum Gasteiger partial charge on any atom is -0.490 e. The van der Waals surface area contributed by atoms with E-state index in [0.29, 0.717) is 34.6 Å². The Hall–Kier alpha value is -5.32. The highest BCUT2D eigenvalue weighted by Crippen LogP contribution is 2.36. The van der Waals surface area contributed by atoms with Crippen molar-refractivity contribution in [3.8, 4) is 11.5 Å². The molecule has 11 heteroatoms. The van der Waals surface area contributed by atoms with Crippen LogP contribution in [0.2, 0.25) is 0 Å². The summed E-state index contributed by atoms with van der Waals surface area (Å²) in [6.45, 7) is 5.74. The van der Waals surface area contributed by atoms with E-state index in [0.717, 1.165) is 17.0 Å². The number of anilines is 1. The topological polar surface area (TPSA) is 128 Å². The van der Waals surface area contributed by atoms with Gasteiger partial charge in [0.2, 0.25) is 0 Å². The van der Waals surface area contributed by atoms with Crippen molar-refractivity contribution in [2.75, 3.05) is 11.5 Å². The lowest BCUT2D eigenvalue weighted by atomic mass is 10.0. The van der Waals surface area contributed by atoms with Gasteiger partial charge < -0.3 is 9.47 Å². The molecule has 1 heterocycles. The molecule has 10 nitrogen and oxygen atoms in total. The lowest BCUT2D eigenvalue weighted by Crippen LogP contribution is -2.54. The zero-order chi connectivity index (χ0) is 28.8. The minimum absolute atomic E-state index is 0.0470. The molecule has 0 aromatic heterocycles. The number of urea groups is 1. The molecule has 0 atom stereocenters. The van der Waals surface area contributed by atoms with Crippen LogP contribution >= 0.6 is 0 Å². The maximum atomic E-state index is 14.2. The van der Waals surface area contributed by atoms with Crippen LogP contribution in [0.4, 0.5) is 20.6 Å². The van der Waals surface area contributed by atoms with Gasteiger partial charge in [-0.2, -0.15) is 0 Å². The van der Waals surface area contributed by atoms with Crippen LogP contribution in [0, 0.1) is 15.9 Å². The zero-order valence-corrected chi connectivity index (χ0v) is 21.4. The number of imide groups is 2. The molecular formula is C29H24FN3O7. The second-order valence-corrected chi connectivity index (χ2v) is 8.54. The van der Waals surface area contributed by atoms with Gasteiger partial charge in [-0.3, -0.25) is 25.0 Å². The number of nitrogens with zero attached hydrogens (tertiary/aromatic N) is 2. The summed E-state index contributed by atoms with van der Waals surface area (Å²) in [6, 6.07) is 13.2. The van der Waals surface area contributed by atoms with Gasteiger partial charge in [0.1, 0.15) is 18.0 Å². The molecule has 4 amide bonds. The molecule has 4 rings (SSSR count). The lowest BCUT2D eigenvalue weighted by Gasteiger charge is -2.26. The summed E-state index contributed by atoms with van der Waals surface area (Å²) in [7, 11) is 0. The van der Waals surface area contributed by atoms with Gasteiger partial charge in [-0.15, -0.1) is 6.58 Å². The fourth-order valence-corrected chi connectivity index (χ4v) is 4.05. The molecule has 0 unspecified atom stereocenters. The fourth-order valence-electron chi connectivity index (χ4n) is 4.05. The Kier molecular flexibility index (Phi) is 8.33. The number of nitrogens with one attached hydrogen (secondary N) is 1. The fraction of sp³-hybridized carbons (Fsp3) is 0.138. The zero-order valence-electron chi connectivity index (χ0n) is 21.4. The molecule has 40 heavy (non-hydrogen) atoms. The number of carbonyl (C=O) groups excluding carboxylic acids is 3. The second-order valence-electron chi connectivity index (χ2n) is 8.54. The Labute approximate surface area is 228 Å². The van der Waals surface area contributed by atoms with Crippen molar-refractivity contribution in [1.29, 1.82) is 0 Å². The van der Waals surface area contributed by atoms with Crippen LogP contribution in [0.15, 0.2) is 78.9 Å². The number of benzene rings is 3. The number of nitro groups is 1. The first-order valence-corrected chi connectivity index (χ1v) is 12.2. The normalized spacial score (nSPS) is 14.2. The molecule has 1 N–H and O–H groups in total. The van der Waals surface area contributed by atoms with Crippen molar-refractivity contribution in [3.63, 3.8) is 0 Å². The predicted octanol–water partition coefficient (Wildman–Crippen LogP) is 5.11. The van der Waals surface area contributed by atoms with E-state index >= 15 is 0 Å². The van der Waals surface area contributed by atoms with Gasteiger partial charge in [0.05, 0.1) is 17.2 Å². The Bertz CT molecular complexity index is 1530. The van der Waals surface area contributed by atoms with Gasteiger partial charge >= 0.3 is 6.03 Å². The predicted molar refractivity (Wildman–Crippen MR) is 144 cm³/mol. The number of carbonyl (C=O) groups is 3. The SMILES string of the molecule is C=CCc1cc(/C=C2\C(=O)NC(=O)N(c3ccc([N+](=O)[O-])cc3)C2=O)cc(OCC)c1OCc1ccccc1F. The number of amides is 4. The highest BCUT2D eigenvalue weighted by atomic mass is 19.1. The molecule has 1 aliphatic rings. The number of rotatable bonds is 10. The number of nitro benzene ring substituents is 1. The molecule has 1 fully saturated rings. The lowest BCUT2D eigenvalue weighted by molar-refractivity contribution is -0.384. The van der Waals surface area contributed by atoms with Gasteiger partial charge in [0.15, 0.2) is 11.5 Å². The molecule has 1 saturated heterocycles. The molecule has 0 spiro atoms. The largest absolute Gasteiger partial charge is 0.490 e. The molecule has 0 aliphatic carbocycles. The summed E-state index contributed by atoms with van der Waals surface area (Å²) in [4.78, 5) is 49.5. The number of halogens is 1. The number of non-ortho nitro benzene ring substituents is 1. The summed E-state index contributed by atoms with van der Waals surface area (Å²) in [6.07, 6.45) is 3.26. The summed E-state index contributed by atoms with van der Waals surface area (Å²) in [5, 5.41) is 13.1. The number of barbiturate groups is 1. The van der Waals surface area contributed by atoms with E-state index in [-0.39, 0.29) is 30.2 Å². The average molecular weight is 546 g/mol. The third-order valence-electron chi connectivity index (χ3n) is 5.88. The van der Waals surface area contributed by atoms with Crippen molar-refractivity contribution in [2.45, 2.75) is 20.0 Å². The van der Waals surface area contributed by atoms with E-state index in [1.807, 2.05) is 0 Å². The minimum atomic E-state index is -0.986. The van der Waals surface area contributed by atoms with Crippen molar-refractivity contribution in [1.82, 2.24) is 5.32 Å². The number of hydrogen-bond acceptors (Lipinski definition) is 7. The smallest absolute Gasteiger partial charge is 0.335 e. The highest BCUT2D eigenvalue weighted by molar-refractivity contribution is 6.39.